The molecule has 132 valence electrons. The van der Waals surface area contributed by atoms with Crippen LogP contribution in [0.5, 0.6) is 0 Å². The van der Waals surface area contributed by atoms with Gasteiger partial charge < -0.3 is 15.3 Å². The summed E-state index contributed by atoms with van der Waals surface area (Å²) in [5.41, 5.74) is 1.15. The van der Waals surface area contributed by atoms with Crippen LogP contribution in [0.4, 0.5) is 10.1 Å². The summed E-state index contributed by atoms with van der Waals surface area (Å²) in [6, 6.07) is 13.9. The summed E-state index contributed by atoms with van der Waals surface area (Å²) < 4.78 is 13.8. The summed E-state index contributed by atoms with van der Waals surface area (Å²) in [4.78, 5) is 14.3. The zero-order valence-corrected chi connectivity index (χ0v) is 14.3. The predicted molar refractivity (Wildman–Crippen MR) is 96.2 cm³/mol. The number of nitrogens with zero attached hydrogens (tertiary/aromatic N) is 1. The number of aliphatic hydroxyl groups is 1. The third-order valence-corrected chi connectivity index (χ3v) is 4.88. The van der Waals surface area contributed by atoms with E-state index in [0.29, 0.717) is 37.1 Å². The monoisotopic (exact) mass is 342 g/mol. The number of rotatable bonds is 4. The molecule has 3 rings (SSSR count). The summed E-state index contributed by atoms with van der Waals surface area (Å²) in [7, 11) is 1.83. The van der Waals surface area contributed by atoms with Gasteiger partial charge in [-0.1, -0.05) is 18.2 Å². The molecular weight excluding hydrogens is 319 g/mol. The lowest BCUT2D eigenvalue weighted by molar-refractivity contribution is -0.0167. The first-order valence-corrected chi connectivity index (χ1v) is 8.54. The number of benzene rings is 2. The van der Waals surface area contributed by atoms with Crippen molar-refractivity contribution < 1.29 is 14.3 Å². The Morgan fingerprint density at radius 2 is 1.80 bits per heavy atom. The first kappa shape index (κ1) is 17.4. The number of hydrogen-bond donors (Lipinski definition) is 2. The molecule has 1 saturated heterocycles. The smallest absolute Gasteiger partial charge is 0.253 e. The van der Waals surface area contributed by atoms with Gasteiger partial charge in [-0.2, -0.15) is 0 Å². The first-order chi connectivity index (χ1) is 12.0. The van der Waals surface area contributed by atoms with Gasteiger partial charge in [0.25, 0.3) is 5.91 Å². The Morgan fingerprint density at radius 3 is 2.40 bits per heavy atom. The molecule has 2 aromatic carbocycles. The minimum absolute atomic E-state index is 0.0319. The van der Waals surface area contributed by atoms with Crippen LogP contribution in [0.1, 0.15) is 28.8 Å². The van der Waals surface area contributed by atoms with Gasteiger partial charge in [-0.05, 0) is 48.7 Å². The molecule has 0 atom stereocenters. The van der Waals surface area contributed by atoms with E-state index >= 15 is 0 Å². The zero-order valence-electron chi connectivity index (χ0n) is 14.3. The predicted octanol–water partition coefficient (Wildman–Crippen LogP) is 3.08. The Bertz CT molecular complexity index is 738. The lowest BCUT2D eigenvalue weighted by Gasteiger charge is -2.38. The molecule has 1 amide bonds. The molecule has 1 aliphatic rings. The highest BCUT2D eigenvalue weighted by molar-refractivity contribution is 5.94. The molecule has 1 fully saturated rings. The number of anilines is 1. The van der Waals surface area contributed by atoms with Crippen molar-refractivity contribution in [1.82, 2.24) is 4.90 Å². The molecule has 0 bridgehead atoms. The Hall–Kier alpha value is -2.40. The van der Waals surface area contributed by atoms with E-state index in [1.54, 1.807) is 35.2 Å². The van der Waals surface area contributed by atoms with Crippen LogP contribution in [0.3, 0.4) is 0 Å². The minimum atomic E-state index is -0.963. The van der Waals surface area contributed by atoms with Gasteiger partial charge in [-0.15, -0.1) is 0 Å². The second kappa shape index (κ2) is 7.23. The van der Waals surface area contributed by atoms with Crippen LogP contribution in [0.2, 0.25) is 0 Å². The van der Waals surface area contributed by atoms with Crippen LogP contribution in [0.15, 0.2) is 48.5 Å². The molecule has 1 heterocycles. The van der Waals surface area contributed by atoms with Crippen molar-refractivity contribution in [2.75, 3.05) is 25.5 Å². The lowest BCUT2D eigenvalue weighted by Crippen LogP contribution is -2.47. The number of halogens is 1. The number of piperidine rings is 1. The fraction of sp³-hybridized carbons (Fsp3) is 0.350. The number of hydrogen-bond acceptors (Lipinski definition) is 3. The maximum atomic E-state index is 13.8. The van der Waals surface area contributed by atoms with Crippen LogP contribution < -0.4 is 5.32 Å². The number of nitrogens with one attached hydrogen (secondary N) is 1. The normalized spacial score (nSPS) is 16.5. The fourth-order valence-electron chi connectivity index (χ4n) is 3.26. The van der Waals surface area contributed by atoms with Crippen LogP contribution >= 0.6 is 0 Å². The van der Waals surface area contributed by atoms with E-state index in [9.17, 15) is 14.3 Å². The number of carbonyl (C=O) groups excluding carboxylic acids is 1. The van der Waals surface area contributed by atoms with Gasteiger partial charge in [-0.25, -0.2) is 4.39 Å². The van der Waals surface area contributed by atoms with Crippen molar-refractivity contribution in [2.45, 2.75) is 24.9 Å². The van der Waals surface area contributed by atoms with Crippen molar-refractivity contribution in [1.29, 1.82) is 0 Å². The number of likely N-dealkylation sites (tertiary alicyclic amines) is 1. The summed E-state index contributed by atoms with van der Waals surface area (Å²) in [6.45, 7) is 0.940. The second-order valence-electron chi connectivity index (χ2n) is 6.61. The largest absolute Gasteiger partial charge is 0.389 e. The average Bonchev–Trinajstić information content (AvgIpc) is 2.64. The summed E-state index contributed by atoms with van der Waals surface area (Å²) in [5, 5.41) is 13.8. The van der Waals surface area contributed by atoms with Gasteiger partial charge >= 0.3 is 0 Å². The molecular formula is C20H23FN2O2. The van der Waals surface area contributed by atoms with Gasteiger partial charge in [0.1, 0.15) is 5.82 Å². The van der Waals surface area contributed by atoms with Gasteiger partial charge in [-0.3, -0.25) is 4.79 Å². The van der Waals surface area contributed by atoms with Crippen molar-refractivity contribution >= 4 is 11.6 Å². The highest BCUT2D eigenvalue weighted by atomic mass is 19.1. The molecule has 5 heteroatoms. The van der Waals surface area contributed by atoms with E-state index in [-0.39, 0.29) is 18.1 Å². The molecule has 0 radical (unpaired) electrons. The highest BCUT2D eigenvalue weighted by Crippen LogP contribution is 2.28. The standard InChI is InChI=1S/C20H23FN2O2/c1-22-17-8-6-15(7-9-17)19(24)23-12-10-20(25,11-13-23)14-16-4-2-3-5-18(16)21/h2-9,22,25H,10-14H2,1H3. The second-order valence-corrected chi connectivity index (χ2v) is 6.61. The van der Waals surface area contributed by atoms with E-state index in [2.05, 4.69) is 5.32 Å². The van der Waals surface area contributed by atoms with E-state index in [0.717, 1.165) is 5.69 Å². The molecule has 2 N–H and O–H groups in total. The minimum Gasteiger partial charge on any atom is -0.389 e. The number of amides is 1. The Labute approximate surface area is 147 Å². The third kappa shape index (κ3) is 3.99. The van der Waals surface area contributed by atoms with Crippen molar-refractivity contribution in [2.24, 2.45) is 0 Å². The van der Waals surface area contributed by atoms with E-state index in [4.69, 9.17) is 0 Å². The molecule has 0 aromatic heterocycles. The van der Waals surface area contributed by atoms with Crippen LogP contribution in [0.25, 0.3) is 0 Å². The highest BCUT2D eigenvalue weighted by Gasteiger charge is 2.34. The maximum Gasteiger partial charge on any atom is 0.253 e. The van der Waals surface area contributed by atoms with Crippen molar-refractivity contribution in [3.63, 3.8) is 0 Å². The topological polar surface area (TPSA) is 52.6 Å². The summed E-state index contributed by atoms with van der Waals surface area (Å²) in [5.74, 6) is -0.324. The third-order valence-electron chi connectivity index (χ3n) is 4.88. The summed E-state index contributed by atoms with van der Waals surface area (Å²) in [6.07, 6.45) is 1.17. The zero-order chi connectivity index (χ0) is 17.9. The van der Waals surface area contributed by atoms with Crippen molar-refractivity contribution in [3.05, 3.63) is 65.5 Å². The van der Waals surface area contributed by atoms with Crippen LogP contribution in [-0.4, -0.2) is 41.7 Å². The summed E-state index contributed by atoms with van der Waals surface area (Å²) >= 11 is 0. The molecule has 0 unspecified atom stereocenters. The SMILES string of the molecule is CNc1ccc(C(=O)N2CCC(O)(Cc3ccccc3F)CC2)cc1. The molecule has 4 nitrogen and oxygen atoms in total. The molecule has 25 heavy (non-hydrogen) atoms. The van der Waals surface area contributed by atoms with Gasteiger partial charge in [0.05, 0.1) is 5.60 Å². The Balaban J connectivity index is 1.62. The number of carbonyl (C=O) groups is 1. The van der Waals surface area contributed by atoms with Gasteiger partial charge in [0, 0.05) is 37.8 Å². The van der Waals surface area contributed by atoms with Crippen LogP contribution in [0, 0.1) is 5.82 Å². The quantitative estimate of drug-likeness (QED) is 0.898. The van der Waals surface area contributed by atoms with Crippen molar-refractivity contribution in [3.8, 4) is 0 Å². The maximum absolute atomic E-state index is 13.8. The molecule has 2 aromatic rings. The van der Waals surface area contributed by atoms with Gasteiger partial charge in [0.2, 0.25) is 0 Å². The van der Waals surface area contributed by atoms with E-state index in [1.165, 1.54) is 6.07 Å². The Kier molecular flexibility index (Phi) is 5.04. The van der Waals surface area contributed by atoms with Gasteiger partial charge in [0.15, 0.2) is 0 Å². The fourth-order valence-corrected chi connectivity index (χ4v) is 3.26. The molecule has 0 spiro atoms. The van der Waals surface area contributed by atoms with Crippen LogP contribution in [-0.2, 0) is 6.42 Å². The lowest BCUT2D eigenvalue weighted by atomic mass is 9.85. The molecule has 0 aliphatic carbocycles. The van der Waals surface area contributed by atoms with E-state index in [1.807, 2.05) is 19.2 Å². The Morgan fingerprint density at radius 1 is 1.16 bits per heavy atom. The molecule has 0 saturated carbocycles. The average molecular weight is 342 g/mol. The molecule has 1 aliphatic heterocycles. The van der Waals surface area contributed by atoms with E-state index < -0.39 is 5.60 Å². The first-order valence-electron chi connectivity index (χ1n) is 8.54.